The molecule has 0 aromatic heterocycles. The van der Waals surface area contributed by atoms with Crippen molar-refractivity contribution < 1.29 is 13.2 Å². The number of hydrogen-bond donors (Lipinski definition) is 0. The fraction of sp³-hybridized carbons (Fsp3) is 0.174. The van der Waals surface area contributed by atoms with Gasteiger partial charge in [0.1, 0.15) is 6.54 Å². The molecule has 30 heavy (non-hydrogen) atoms. The summed E-state index contributed by atoms with van der Waals surface area (Å²) in [6, 6.07) is 22.4. The van der Waals surface area contributed by atoms with Crippen LogP contribution in [-0.4, -0.2) is 26.9 Å². The van der Waals surface area contributed by atoms with E-state index in [0.717, 1.165) is 22.0 Å². The maximum absolute atomic E-state index is 13.5. The van der Waals surface area contributed by atoms with Gasteiger partial charge in [0.2, 0.25) is 5.91 Å². The Bertz CT molecular complexity index is 1180. The van der Waals surface area contributed by atoms with Crippen LogP contribution in [0.15, 0.2) is 83.8 Å². The first-order valence-electron chi connectivity index (χ1n) is 9.62. The third-order valence-corrected chi connectivity index (χ3v) is 7.30. The van der Waals surface area contributed by atoms with Gasteiger partial charge in [0.15, 0.2) is 0 Å². The molecule has 3 aromatic carbocycles. The van der Waals surface area contributed by atoms with Crippen molar-refractivity contribution in [2.24, 2.45) is 0 Å². The Morgan fingerprint density at radius 3 is 2.37 bits per heavy atom. The molecule has 154 valence electrons. The van der Waals surface area contributed by atoms with E-state index in [2.05, 4.69) is 0 Å². The summed E-state index contributed by atoms with van der Waals surface area (Å²) in [4.78, 5) is 15.2. The van der Waals surface area contributed by atoms with E-state index in [9.17, 15) is 13.2 Å². The Morgan fingerprint density at radius 1 is 1.00 bits per heavy atom. The SMILES string of the molecule is C[C@@H]1Cc2ccccc2N1C(=O)CN(c1ccccc1Cl)S(=O)(=O)c1ccccc1. The Balaban J connectivity index is 1.75. The molecule has 0 radical (unpaired) electrons. The van der Waals surface area contributed by atoms with Crippen LogP contribution in [-0.2, 0) is 21.2 Å². The number of halogens is 1. The Kier molecular flexibility index (Phi) is 5.54. The highest BCUT2D eigenvalue weighted by Crippen LogP contribution is 2.34. The second-order valence-electron chi connectivity index (χ2n) is 7.22. The molecule has 1 heterocycles. The van der Waals surface area contributed by atoms with Crippen molar-refractivity contribution in [2.75, 3.05) is 15.7 Å². The predicted octanol–water partition coefficient (Wildman–Crippen LogP) is 4.51. The summed E-state index contributed by atoms with van der Waals surface area (Å²) >= 11 is 6.33. The number of sulfonamides is 1. The van der Waals surface area contributed by atoms with Gasteiger partial charge in [0.25, 0.3) is 10.0 Å². The number of para-hydroxylation sites is 2. The zero-order chi connectivity index (χ0) is 21.3. The van der Waals surface area contributed by atoms with Crippen LogP contribution in [0.5, 0.6) is 0 Å². The van der Waals surface area contributed by atoms with E-state index in [1.165, 1.54) is 12.1 Å². The quantitative estimate of drug-likeness (QED) is 0.586. The second-order valence-corrected chi connectivity index (χ2v) is 9.49. The summed E-state index contributed by atoms with van der Waals surface area (Å²) in [7, 11) is -3.99. The summed E-state index contributed by atoms with van der Waals surface area (Å²) < 4.78 is 28.0. The molecule has 0 fully saturated rings. The lowest BCUT2D eigenvalue weighted by Gasteiger charge is -2.29. The largest absolute Gasteiger partial charge is 0.307 e. The number of carbonyl (C=O) groups is 1. The topological polar surface area (TPSA) is 57.7 Å². The zero-order valence-electron chi connectivity index (χ0n) is 16.4. The van der Waals surface area contributed by atoms with Crippen LogP contribution < -0.4 is 9.21 Å². The van der Waals surface area contributed by atoms with Gasteiger partial charge in [-0.3, -0.25) is 9.10 Å². The molecule has 1 amide bonds. The number of amides is 1. The minimum Gasteiger partial charge on any atom is -0.307 e. The van der Waals surface area contributed by atoms with Gasteiger partial charge in [0, 0.05) is 11.7 Å². The second kappa shape index (κ2) is 8.13. The van der Waals surface area contributed by atoms with Crippen LogP contribution in [0.4, 0.5) is 11.4 Å². The molecule has 0 spiro atoms. The molecule has 0 N–H and O–H groups in total. The molecule has 5 nitrogen and oxygen atoms in total. The smallest absolute Gasteiger partial charge is 0.264 e. The maximum atomic E-state index is 13.5. The van der Waals surface area contributed by atoms with Crippen LogP contribution in [0.2, 0.25) is 5.02 Å². The molecular formula is C23H21ClN2O3S. The Morgan fingerprint density at radius 2 is 1.63 bits per heavy atom. The minimum absolute atomic E-state index is 0.0533. The van der Waals surface area contributed by atoms with E-state index in [-0.39, 0.29) is 34.1 Å². The normalized spacial score (nSPS) is 15.7. The van der Waals surface area contributed by atoms with Crippen molar-refractivity contribution in [3.63, 3.8) is 0 Å². The molecule has 7 heteroatoms. The molecule has 0 saturated heterocycles. The summed E-state index contributed by atoms with van der Waals surface area (Å²) in [5.41, 5.74) is 2.18. The number of nitrogens with zero attached hydrogens (tertiary/aromatic N) is 2. The summed E-state index contributed by atoms with van der Waals surface area (Å²) in [5, 5.41) is 0.264. The molecule has 0 aliphatic carbocycles. The third kappa shape index (κ3) is 3.68. The first kappa shape index (κ1) is 20.4. The molecule has 3 aromatic rings. The van der Waals surface area contributed by atoms with E-state index < -0.39 is 10.0 Å². The molecule has 1 atom stereocenters. The van der Waals surface area contributed by atoms with E-state index in [0.29, 0.717) is 0 Å². The summed E-state index contributed by atoms with van der Waals surface area (Å²) in [5.74, 6) is -0.299. The Labute approximate surface area is 181 Å². The van der Waals surface area contributed by atoms with Crippen molar-refractivity contribution in [1.29, 1.82) is 0 Å². The highest BCUT2D eigenvalue weighted by molar-refractivity contribution is 7.92. The monoisotopic (exact) mass is 440 g/mol. The highest BCUT2D eigenvalue weighted by Gasteiger charge is 2.35. The fourth-order valence-electron chi connectivity index (χ4n) is 3.82. The lowest BCUT2D eigenvalue weighted by Crippen LogP contribution is -2.45. The van der Waals surface area contributed by atoms with Crippen molar-refractivity contribution >= 4 is 38.9 Å². The van der Waals surface area contributed by atoms with Gasteiger partial charge in [-0.1, -0.05) is 60.1 Å². The van der Waals surface area contributed by atoms with Crippen LogP contribution in [0.25, 0.3) is 0 Å². The van der Waals surface area contributed by atoms with Gasteiger partial charge in [-0.25, -0.2) is 8.42 Å². The van der Waals surface area contributed by atoms with Crippen LogP contribution >= 0.6 is 11.6 Å². The van der Waals surface area contributed by atoms with Gasteiger partial charge >= 0.3 is 0 Å². The molecule has 0 bridgehead atoms. The number of hydrogen-bond acceptors (Lipinski definition) is 3. The summed E-state index contributed by atoms with van der Waals surface area (Å²) in [6.07, 6.45) is 0.736. The molecule has 0 saturated carbocycles. The van der Waals surface area contributed by atoms with E-state index in [1.807, 2.05) is 31.2 Å². The van der Waals surface area contributed by atoms with Crippen molar-refractivity contribution in [2.45, 2.75) is 24.3 Å². The predicted molar refractivity (Wildman–Crippen MR) is 120 cm³/mol. The van der Waals surface area contributed by atoms with Crippen LogP contribution in [0.3, 0.4) is 0 Å². The van der Waals surface area contributed by atoms with Crippen molar-refractivity contribution in [3.8, 4) is 0 Å². The standard InChI is InChI=1S/C23H21ClN2O3S/c1-17-15-18-9-5-7-13-21(18)26(17)23(27)16-25(22-14-8-6-12-20(22)24)30(28,29)19-10-3-2-4-11-19/h2-14,17H,15-16H2,1H3/t17-/m1/s1. The number of carbonyl (C=O) groups excluding carboxylic acids is 1. The number of fused-ring (bicyclic) bond motifs is 1. The lowest BCUT2D eigenvalue weighted by atomic mass is 10.1. The summed E-state index contributed by atoms with van der Waals surface area (Å²) in [6.45, 7) is 1.61. The fourth-order valence-corrected chi connectivity index (χ4v) is 5.56. The minimum atomic E-state index is -3.99. The van der Waals surface area contributed by atoms with Gasteiger partial charge < -0.3 is 4.90 Å². The van der Waals surface area contributed by atoms with Gasteiger partial charge in [0.05, 0.1) is 15.6 Å². The first-order chi connectivity index (χ1) is 14.4. The van der Waals surface area contributed by atoms with Crippen LogP contribution in [0, 0.1) is 0 Å². The highest BCUT2D eigenvalue weighted by atomic mass is 35.5. The zero-order valence-corrected chi connectivity index (χ0v) is 18.0. The first-order valence-corrected chi connectivity index (χ1v) is 11.4. The van der Waals surface area contributed by atoms with Gasteiger partial charge in [-0.15, -0.1) is 0 Å². The van der Waals surface area contributed by atoms with Gasteiger partial charge in [-0.2, -0.15) is 0 Å². The molecular weight excluding hydrogens is 420 g/mol. The van der Waals surface area contributed by atoms with Crippen LogP contribution in [0.1, 0.15) is 12.5 Å². The average molecular weight is 441 g/mol. The average Bonchev–Trinajstić information content (AvgIpc) is 3.09. The Hall–Kier alpha value is -2.83. The van der Waals surface area contributed by atoms with E-state index >= 15 is 0 Å². The van der Waals surface area contributed by atoms with Crippen molar-refractivity contribution in [3.05, 3.63) is 89.4 Å². The van der Waals surface area contributed by atoms with Crippen molar-refractivity contribution in [1.82, 2.24) is 0 Å². The molecule has 1 aliphatic rings. The molecule has 0 unspecified atom stereocenters. The number of benzene rings is 3. The number of rotatable bonds is 5. The van der Waals surface area contributed by atoms with Gasteiger partial charge in [-0.05, 0) is 49.2 Å². The number of anilines is 2. The van der Waals surface area contributed by atoms with E-state index in [4.69, 9.17) is 11.6 Å². The van der Waals surface area contributed by atoms with E-state index in [1.54, 1.807) is 47.4 Å². The third-order valence-electron chi connectivity index (χ3n) is 5.21. The molecule has 4 rings (SSSR count). The molecule has 1 aliphatic heterocycles. The lowest BCUT2D eigenvalue weighted by molar-refractivity contribution is -0.117. The maximum Gasteiger partial charge on any atom is 0.264 e.